The highest BCUT2D eigenvalue weighted by atomic mass is 16.1. The third-order valence-electron chi connectivity index (χ3n) is 5.52. The van der Waals surface area contributed by atoms with Gasteiger partial charge in [-0.05, 0) is 49.6 Å². The monoisotopic (exact) mass is 397 g/mol. The smallest absolute Gasteiger partial charge is 0.255 e. The first-order valence-electron chi connectivity index (χ1n) is 10.3. The molecule has 1 aliphatic rings. The SMILES string of the molecule is CC(NC(=O)c1cnn(-c2ccccc2)c1C1CC1)c1ccccc1-n1cccn1. The van der Waals surface area contributed by atoms with Crippen LogP contribution in [-0.2, 0) is 0 Å². The molecule has 1 aliphatic carbocycles. The lowest BCUT2D eigenvalue weighted by molar-refractivity contribution is 0.0939. The molecular formula is C24H23N5O. The molecular weight excluding hydrogens is 374 g/mol. The standard InChI is InChI=1S/C24H23N5O/c1-17(20-10-5-6-11-22(20)28-15-7-14-25-28)27-24(30)21-16-26-29(23(21)18-12-13-18)19-8-3-2-4-9-19/h2-11,14-18H,12-13H2,1H3,(H,27,30). The van der Waals surface area contributed by atoms with Crippen LogP contribution in [0.2, 0.25) is 0 Å². The van der Waals surface area contributed by atoms with Crippen LogP contribution in [0, 0.1) is 0 Å². The fourth-order valence-corrected chi connectivity index (χ4v) is 3.88. The largest absolute Gasteiger partial charge is 0.345 e. The molecule has 150 valence electrons. The molecule has 0 saturated heterocycles. The van der Waals surface area contributed by atoms with Gasteiger partial charge < -0.3 is 5.32 Å². The highest BCUT2D eigenvalue weighted by Crippen LogP contribution is 2.42. The van der Waals surface area contributed by atoms with E-state index in [-0.39, 0.29) is 11.9 Å². The van der Waals surface area contributed by atoms with E-state index in [1.54, 1.807) is 12.4 Å². The van der Waals surface area contributed by atoms with Gasteiger partial charge in [0.15, 0.2) is 0 Å². The minimum Gasteiger partial charge on any atom is -0.345 e. The number of benzene rings is 2. The predicted octanol–water partition coefficient (Wildman–Crippen LogP) is 4.43. The maximum atomic E-state index is 13.2. The number of nitrogens with zero attached hydrogens (tertiary/aromatic N) is 4. The van der Waals surface area contributed by atoms with Gasteiger partial charge in [-0.3, -0.25) is 4.79 Å². The third kappa shape index (κ3) is 3.41. The summed E-state index contributed by atoms with van der Waals surface area (Å²) in [5.74, 6) is 0.293. The summed E-state index contributed by atoms with van der Waals surface area (Å²) in [6.45, 7) is 2.00. The Morgan fingerprint density at radius 2 is 1.80 bits per heavy atom. The van der Waals surface area contributed by atoms with E-state index in [0.717, 1.165) is 35.5 Å². The van der Waals surface area contributed by atoms with Crippen LogP contribution in [0.15, 0.2) is 79.3 Å². The van der Waals surface area contributed by atoms with Crippen LogP contribution < -0.4 is 5.32 Å². The summed E-state index contributed by atoms with van der Waals surface area (Å²) in [5.41, 5.74) is 4.61. The minimum absolute atomic E-state index is 0.0955. The number of aromatic nitrogens is 4. The quantitative estimate of drug-likeness (QED) is 0.524. The van der Waals surface area contributed by atoms with Gasteiger partial charge in [0.2, 0.25) is 0 Å². The van der Waals surface area contributed by atoms with Crippen LogP contribution in [0.4, 0.5) is 0 Å². The summed E-state index contributed by atoms with van der Waals surface area (Å²) in [4.78, 5) is 13.2. The number of para-hydroxylation sites is 2. The number of carbonyl (C=O) groups is 1. The van der Waals surface area contributed by atoms with Crippen molar-refractivity contribution in [3.63, 3.8) is 0 Å². The van der Waals surface area contributed by atoms with E-state index in [0.29, 0.717) is 11.5 Å². The molecule has 2 aromatic carbocycles. The van der Waals surface area contributed by atoms with Crippen LogP contribution in [0.25, 0.3) is 11.4 Å². The summed E-state index contributed by atoms with van der Waals surface area (Å²) < 4.78 is 3.73. The maximum Gasteiger partial charge on any atom is 0.255 e. The molecule has 4 aromatic rings. The summed E-state index contributed by atoms with van der Waals surface area (Å²) in [6, 6.07) is 19.7. The molecule has 6 heteroatoms. The molecule has 5 rings (SSSR count). The Kier molecular flexibility index (Phi) is 4.67. The molecule has 0 bridgehead atoms. The van der Waals surface area contributed by atoms with Crippen molar-refractivity contribution >= 4 is 5.91 Å². The number of carbonyl (C=O) groups excluding carboxylic acids is 1. The Labute approximate surface area is 175 Å². The van der Waals surface area contributed by atoms with Gasteiger partial charge in [0, 0.05) is 18.3 Å². The lowest BCUT2D eigenvalue weighted by Crippen LogP contribution is -2.28. The highest BCUT2D eigenvalue weighted by Gasteiger charge is 2.33. The van der Waals surface area contributed by atoms with Crippen LogP contribution in [-0.4, -0.2) is 25.5 Å². The maximum absolute atomic E-state index is 13.2. The van der Waals surface area contributed by atoms with Gasteiger partial charge in [0.05, 0.1) is 34.9 Å². The first-order chi connectivity index (χ1) is 14.7. The Hall–Kier alpha value is -3.67. The van der Waals surface area contributed by atoms with Gasteiger partial charge in [-0.1, -0.05) is 36.4 Å². The van der Waals surface area contributed by atoms with Crippen molar-refractivity contribution < 1.29 is 4.79 Å². The highest BCUT2D eigenvalue weighted by molar-refractivity contribution is 5.96. The Morgan fingerprint density at radius 1 is 1.03 bits per heavy atom. The van der Waals surface area contributed by atoms with Gasteiger partial charge in [-0.15, -0.1) is 0 Å². The van der Waals surface area contributed by atoms with Crippen LogP contribution >= 0.6 is 0 Å². The molecule has 1 unspecified atom stereocenters. The molecule has 1 atom stereocenters. The summed E-state index contributed by atoms with van der Waals surface area (Å²) in [7, 11) is 0. The molecule has 0 spiro atoms. The Morgan fingerprint density at radius 3 is 2.53 bits per heavy atom. The summed E-state index contributed by atoms with van der Waals surface area (Å²) in [6.07, 6.45) is 7.54. The Bertz CT molecular complexity index is 1160. The van der Waals surface area contributed by atoms with E-state index in [1.165, 1.54) is 0 Å². The molecule has 1 fully saturated rings. The van der Waals surface area contributed by atoms with Crippen molar-refractivity contribution in [3.8, 4) is 11.4 Å². The fourth-order valence-electron chi connectivity index (χ4n) is 3.88. The van der Waals surface area contributed by atoms with Crippen LogP contribution in [0.5, 0.6) is 0 Å². The molecule has 2 heterocycles. The molecule has 0 aliphatic heterocycles. The van der Waals surface area contributed by atoms with Crippen molar-refractivity contribution in [1.29, 1.82) is 0 Å². The van der Waals surface area contributed by atoms with E-state index >= 15 is 0 Å². The van der Waals surface area contributed by atoms with Gasteiger partial charge in [0.25, 0.3) is 5.91 Å². The number of hydrogen-bond acceptors (Lipinski definition) is 3. The predicted molar refractivity (Wildman–Crippen MR) is 115 cm³/mol. The third-order valence-corrected chi connectivity index (χ3v) is 5.52. The van der Waals surface area contributed by atoms with E-state index in [1.807, 2.05) is 83.1 Å². The van der Waals surface area contributed by atoms with E-state index in [9.17, 15) is 4.79 Å². The van der Waals surface area contributed by atoms with Crippen molar-refractivity contribution in [1.82, 2.24) is 24.9 Å². The molecule has 2 aromatic heterocycles. The fraction of sp³-hybridized carbons (Fsp3) is 0.208. The van der Waals surface area contributed by atoms with Gasteiger partial charge in [-0.25, -0.2) is 9.36 Å². The summed E-state index contributed by atoms with van der Waals surface area (Å²) >= 11 is 0. The normalized spacial score (nSPS) is 14.4. The average molecular weight is 397 g/mol. The number of nitrogens with one attached hydrogen (secondary N) is 1. The molecule has 6 nitrogen and oxygen atoms in total. The van der Waals surface area contributed by atoms with Crippen molar-refractivity contribution in [2.24, 2.45) is 0 Å². The van der Waals surface area contributed by atoms with Crippen molar-refractivity contribution in [3.05, 3.63) is 96.1 Å². The second kappa shape index (κ2) is 7.63. The molecule has 0 radical (unpaired) electrons. The zero-order chi connectivity index (χ0) is 20.5. The lowest BCUT2D eigenvalue weighted by Gasteiger charge is -2.18. The van der Waals surface area contributed by atoms with E-state index < -0.39 is 0 Å². The summed E-state index contributed by atoms with van der Waals surface area (Å²) in [5, 5.41) is 12.1. The molecule has 30 heavy (non-hydrogen) atoms. The van der Waals surface area contributed by atoms with E-state index in [2.05, 4.69) is 15.5 Å². The van der Waals surface area contributed by atoms with Gasteiger partial charge >= 0.3 is 0 Å². The average Bonchev–Trinajstić information content (AvgIpc) is 3.28. The number of hydrogen-bond donors (Lipinski definition) is 1. The van der Waals surface area contributed by atoms with Crippen LogP contribution in [0.3, 0.4) is 0 Å². The van der Waals surface area contributed by atoms with Gasteiger partial charge in [0.1, 0.15) is 0 Å². The first-order valence-corrected chi connectivity index (χ1v) is 10.3. The molecule has 1 amide bonds. The molecule has 1 saturated carbocycles. The second-order valence-corrected chi connectivity index (χ2v) is 7.67. The van der Waals surface area contributed by atoms with Crippen molar-refractivity contribution in [2.45, 2.75) is 31.7 Å². The van der Waals surface area contributed by atoms with Crippen molar-refractivity contribution in [2.75, 3.05) is 0 Å². The first kappa shape index (κ1) is 18.4. The van der Waals surface area contributed by atoms with Gasteiger partial charge in [-0.2, -0.15) is 10.2 Å². The number of rotatable bonds is 6. The Balaban J connectivity index is 1.44. The van der Waals surface area contributed by atoms with Crippen LogP contribution in [0.1, 0.15) is 53.3 Å². The van der Waals surface area contributed by atoms with E-state index in [4.69, 9.17) is 0 Å². The topological polar surface area (TPSA) is 64.7 Å². The lowest BCUT2D eigenvalue weighted by atomic mass is 10.0. The zero-order valence-corrected chi connectivity index (χ0v) is 16.8. The second-order valence-electron chi connectivity index (χ2n) is 7.67. The number of amides is 1. The molecule has 1 N–H and O–H groups in total. The zero-order valence-electron chi connectivity index (χ0n) is 16.8. The minimum atomic E-state index is -0.176.